The summed E-state index contributed by atoms with van der Waals surface area (Å²) in [6.45, 7) is 2.00. The molecule has 1 unspecified atom stereocenters. The highest BCUT2D eigenvalue weighted by molar-refractivity contribution is 5.24. The lowest BCUT2D eigenvalue weighted by Gasteiger charge is -2.28. The lowest BCUT2D eigenvalue weighted by atomic mass is 9.95. The fourth-order valence-electron chi connectivity index (χ4n) is 1.80. The van der Waals surface area contributed by atoms with Crippen LogP contribution in [-0.2, 0) is 16.9 Å². The molecular formula is C12H13F2N3O. The summed E-state index contributed by atoms with van der Waals surface area (Å²) in [5.74, 6) is -1.25. The van der Waals surface area contributed by atoms with Gasteiger partial charge in [-0.25, -0.2) is 18.4 Å². The highest BCUT2D eigenvalue weighted by Crippen LogP contribution is 2.29. The highest BCUT2D eigenvalue weighted by Gasteiger charge is 2.30. The average Bonchev–Trinajstić information content (AvgIpc) is 2.81. The van der Waals surface area contributed by atoms with Crippen LogP contribution in [0.3, 0.4) is 0 Å². The van der Waals surface area contributed by atoms with Crippen molar-refractivity contribution in [2.75, 3.05) is 7.11 Å². The summed E-state index contributed by atoms with van der Waals surface area (Å²) in [5.41, 5.74) is -0.659. The second-order valence-electron chi connectivity index (χ2n) is 4.15. The Labute approximate surface area is 103 Å². The molecule has 0 bridgehead atoms. The molecule has 18 heavy (non-hydrogen) atoms. The Bertz CT molecular complexity index is 530. The lowest BCUT2D eigenvalue weighted by molar-refractivity contribution is -0.0185. The molecule has 0 fully saturated rings. The third kappa shape index (κ3) is 2.38. The third-order valence-corrected chi connectivity index (χ3v) is 2.88. The molecule has 0 amide bonds. The van der Waals surface area contributed by atoms with E-state index in [9.17, 15) is 8.78 Å². The second-order valence-corrected chi connectivity index (χ2v) is 4.15. The molecule has 1 aromatic heterocycles. The predicted octanol–water partition coefficient (Wildman–Crippen LogP) is 2.12. The third-order valence-electron chi connectivity index (χ3n) is 2.88. The minimum absolute atomic E-state index is 0.280. The number of hydrogen-bond donors (Lipinski definition) is 0. The maximum absolute atomic E-state index is 13.8. The Balaban J connectivity index is 2.36. The topological polar surface area (TPSA) is 39.9 Å². The molecular weight excluding hydrogens is 240 g/mol. The summed E-state index contributed by atoms with van der Waals surface area (Å²) in [6.07, 6.45) is 2.90. The lowest BCUT2D eigenvalue weighted by Crippen LogP contribution is -2.31. The molecule has 0 aliphatic heterocycles. The minimum atomic E-state index is -0.939. The van der Waals surface area contributed by atoms with Crippen molar-refractivity contribution in [2.24, 2.45) is 0 Å². The van der Waals surface area contributed by atoms with Crippen LogP contribution in [-0.4, -0.2) is 21.9 Å². The molecule has 0 spiro atoms. The van der Waals surface area contributed by atoms with Crippen LogP contribution in [0.5, 0.6) is 0 Å². The molecule has 0 saturated heterocycles. The SMILES string of the molecule is COC(C)(Cn1cncn1)c1ccc(F)cc1F. The molecule has 0 N–H and O–H groups in total. The summed E-state index contributed by atoms with van der Waals surface area (Å²) in [4.78, 5) is 3.81. The van der Waals surface area contributed by atoms with E-state index < -0.39 is 17.2 Å². The van der Waals surface area contributed by atoms with E-state index in [-0.39, 0.29) is 12.1 Å². The summed E-state index contributed by atoms with van der Waals surface area (Å²) >= 11 is 0. The molecule has 0 aliphatic rings. The van der Waals surface area contributed by atoms with Gasteiger partial charge in [0.05, 0.1) is 6.54 Å². The van der Waals surface area contributed by atoms with Gasteiger partial charge in [-0.05, 0) is 13.0 Å². The number of methoxy groups -OCH3 is 1. The van der Waals surface area contributed by atoms with Crippen molar-refractivity contribution in [3.05, 3.63) is 48.1 Å². The molecule has 6 heteroatoms. The first-order valence-electron chi connectivity index (χ1n) is 5.38. The van der Waals surface area contributed by atoms with Crippen LogP contribution in [0.25, 0.3) is 0 Å². The summed E-state index contributed by atoms with van der Waals surface area (Å²) in [6, 6.07) is 3.43. The molecule has 96 valence electrons. The Morgan fingerprint density at radius 2 is 2.17 bits per heavy atom. The van der Waals surface area contributed by atoms with Gasteiger partial charge in [-0.15, -0.1) is 0 Å². The van der Waals surface area contributed by atoms with Crippen LogP contribution < -0.4 is 0 Å². The molecule has 0 saturated carbocycles. The zero-order chi connectivity index (χ0) is 13.2. The molecule has 0 aliphatic carbocycles. The van der Waals surface area contributed by atoms with E-state index in [1.165, 1.54) is 36.6 Å². The van der Waals surface area contributed by atoms with Gasteiger partial charge in [-0.1, -0.05) is 6.07 Å². The highest BCUT2D eigenvalue weighted by atomic mass is 19.1. The van der Waals surface area contributed by atoms with Crippen molar-refractivity contribution in [1.29, 1.82) is 0 Å². The van der Waals surface area contributed by atoms with Gasteiger partial charge in [-0.2, -0.15) is 5.10 Å². The number of hydrogen-bond acceptors (Lipinski definition) is 3. The molecule has 2 rings (SSSR count). The van der Waals surface area contributed by atoms with Gasteiger partial charge in [0, 0.05) is 18.7 Å². The van der Waals surface area contributed by atoms with Gasteiger partial charge < -0.3 is 4.74 Å². The summed E-state index contributed by atoms with van der Waals surface area (Å²) in [7, 11) is 1.47. The summed E-state index contributed by atoms with van der Waals surface area (Å²) in [5, 5.41) is 3.95. The maximum Gasteiger partial charge on any atom is 0.137 e. The first kappa shape index (κ1) is 12.6. The van der Waals surface area contributed by atoms with E-state index in [4.69, 9.17) is 4.74 Å². The van der Waals surface area contributed by atoms with Gasteiger partial charge >= 0.3 is 0 Å². The van der Waals surface area contributed by atoms with Crippen molar-refractivity contribution >= 4 is 0 Å². The summed E-state index contributed by atoms with van der Waals surface area (Å²) < 4.78 is 33.6. The van der Waals surface area contributed by atoms with Crippen LogP contribution in [0.2, 0.25) is 0 Å². The van der Waals surface area contributed by atoms with Crippen molar-refractivity contribution in [1.82, 2.24) is 14.8 Å². The van der Waals surface area contributed by atoms with Gasteiger partial charge in [0.25, 0.3) is 0 Å². The number of rotatable bonds is 4. The zero-order valence-corrected chi connectivity index (χ0v) is 10.1. The Morgan fingerprint density at radius 1 is 1.39 bits per heavy atom. The van der Waals surface area contributed by atoms with Gasteiger partial charge in [0.1, 0.15) is 29.9 Å². The van der Waals surface area contributed by atoms with Gasteiger partial charge in [-0.3, -0.25) is 0 Å². The Kier molecular flexibility index (Phi) is 3.38. The van der Waals surface area contributed by atoms with Crippen molar-refractivity contribution in [3.63, 3.8) is 0 Å². The Hall–Kier alpha value is -1.82. The van der Waals surface area contributed by atoms with E-state index in [2.05, 4.69) is 10.1 Å². The first-order valence-corrected chi connectivity index (χ1v) is 5.38. The van der Waals surface area contributed by atoms with Crippen LogP contribution in [0.4, 0.5) is 8.78 Å². The molecule has 2 aromatic rings. The zero-order valence-electron chi connectivity index (χ0n) is 10.1. The number of halogens is 2. The number of ether oxygens (including phenoxy) is 1. The minimum Gasteiger partial charge on any atom is -0.372 e. The quantitative estimate of drug-likeness (QED) is 0.838. The van der Waals surface area contributed by atoms with E-state index in [0.29, 0.717) is 0 Å². The Morgan fingerprint density at radius 3 is 2.72 bits per heavy atom. The van der Waals surface area contributed by atoms with Crippen LogP contribution in [0, 0.1) is 11.6 Å². The molecule has 1 atom stereocenters. The van der Waals surface area contributed by atoms with Crippen LogP contribution >= 0.6 is 0 Å². The molecule has 4 nitrogen and oxygen atoms in total. The predicted molar refractivity (Wildman–Crippen MR) is 60.7 cm³/mol. The normalized spacial score (nSPS) is 14.4. The second kappa shape index (κ2) is 4.81. The monoisotopic (exact) mass is 253 g/mol. The standard InChI is InChI=1S/C12H13F2N3O/c1-12(18-2,6-17-8-15-7-16-17)10-4-3-9(13)5-11(10)14/h3-5,7-8H,6H2,1-2H3. The fraction of sp³-hybridized carbons (Fsp3) is 0.333. The van der Waals surface area contributed by atoms with Crippen LogP contribution in [0.1, 0.15) is 12.5 Å². The number of nitrogens with zero attached hydrogens (tertiary/aromatic N) is 3. The van der Waals surface area contributed by atoms with E-state index in [1.54, 1.807) is 6.92 Å². The molecule has 1 aromatic carbocycles. The fourth-order valence-corrected chi connectivity index (χ4v) is 1.80. The molecule has 0 radical (unpaired) electrons. The number of aromatic nitrogens is 3. The van der Waals surface area contributed by atoms with Gasteiger partial charge in [0.2, 0.25) is 0 Å². The van der Waals surface area contributed by atoms with E-state index >= 15 is 0 Å². The smallest absolute Gasteiger partial charge is 0.137 e. The largest absolute Gasteiger partial charge is 0.372 e. The van der Waals surface area contributed by atoms with Crippen LogP contribution in [0.15, 0.2) is 30.9 Å². The molecule has 1 heterocycles. The van der Waals surface area contributed by atoms with E-state index in [0.717, 1.165) is 6.07 Å². The maximum atomic E-state index is 13.8. The van der Waals surface area contributed by atoms with Gasteiger partial charge in [0.15, 0.2) is 0 Å². The van der Waals surface area contributed by atoms with Crippen molar-refractivity contribution < 1.29 is 13.5 Å². The van der Waals surface area contributed by atoms with E-state index in [1.807, 2.05) is 0 Å². The first-order chi connectivity index (χ1) is 8.55. The average molecular weight is 253 g/mol. The van der Waals surface area contributed by atoms with Crippen molar-refractivity contribution in [3.8, 4) is 0 Å². The number of benzene rings is 1. The van der Waals surface area contributed by atoms with Crippen molar-refractivity contribution in [2.45, 2.75) is 19.1 Å².